The van der Waals surface area contributed by atoms with Gasteiger partial charge < -0.3 is 39.0 Å². The molecule has 0 radical (unpaired) electrons. The molecule has 0 amide bonds. The van der Waals surface area contributed by atoms with E-state index < -0.39 is 29.9 Å². The molecule has 1 fully saturated rings. The van der Waals surface area contributed by atoms with Gasteiger partial charge in [0.1, 0.15) is 23.6 Å². The minimum atomic E-state index is -1.06. The number of carbonyl (C=O) groups is 2. The number of carboxylic acids is 1. The lowest BCUT2D eigenvalue weighted by molar-refractivity contribution is -0.143. The highest BCUT2D eigenvalue weighted by molar-refractivity contribution is 7.21. The summed E-state index contributed by atoms with van der Waals surface area (Å²) in [6.45, 7) is 4.19. The van der Waals surface area contributed by atoms with Crippen LogP contribution >= 0.6 is 34.5 Å². The van der Waals surface area contributed by atoms with Crippen LogP contribution in [-0.2, 0) is 22.6 Å². The van der Waals surface area contributed by atoms with E-state index in [9.17, 15) is 24.9 Å². The second-order valence-electron chi connectivity index (χ2n) is 11.7. The Bertz CT molecular complexity index is 1760. The monoisotopic (exact) mass is 727 g/mol. The first kappa shape index (κ1) is 35.8. The number of fused-ring (bicyclic) bond motifs is 2. The van der Waals surface area contributed by atoms with Gasteiger partial charge in [-0.2, -0.15) is 0 Å². The third-order valence-electron chi connectivity index (χ3n) is 8.30. The van der Waals surface area contributed by atoms with Crippen LogP contribution in [0.5, 0.6) is 23.0 Å². The van der Waals surface area contributed by atoms with Crippen molar-refractivity contribution in [3.63, 3.8) is 0 Å². The largest absolute Gasteiger partial charge is 0.508 e. The third-order valence-corrected chi connectivity index (χ3v) is 10.3. The van der Waals surface area contributed by atoms with E-state index in [-0.39, 0.29) is 83.7 Å². The number of carbonyl (C=O) groups excluding carboxylic acids is 1. The molecule has 2 aliphatic rings. The van der Waals surface area contributed by atoms with Crippen molar-refractivity contribution in [2.75, 3.05) is 34.0 Å². The second-order valence-corrected chi connectivity index (χ2v) is 13.5. The highest BCUT2D eigenvalue weighted by Crippen LogP contribution is 2.50. The first-order valence-corrected chi connectivity index (χ1v) is 16.8. The Hall–Kier alpha value is -3.49. The average Bonchev–Trinajstić information content (AvgIpc) is 3.64. The second kappa shape index (κ2) is 15.0. The number of rotatable bonds is 16. The fourth-order valence-electron chi connectivity index (χ4n) is 5.50. The van der Waals surface area contributed by atoms with Crippen molar-refractivity contribution >= 4 is 56.4 Å². The summed E-state index contributed by atoms with van der Waals surface area (Å²) in [5.74, 6) is -1.86. The molecule has 15 heteroatoms. The van der Waals surface area contributed by atoms with Crippen molar-refractivity contribution in [2.24, 2.45) is 11.8 Å². The van der Waals surface area contributed by atoms with Gasteiger partial charge in [-0.25, -0.2) is 4.39 Å². The number of allylic oxidation sites excluding steroid dienone is 1. The van der Waals surface area contributed by atoms with Crippen molar-refractivity contribution in [1.29, 1.82) is 0 Å². The number of ether oxygens (including phenoxy) is 5. The Morgan fingerprint density at radius 3 is 2.35 bits per heavy atom. The molecule has 3 atom stereocenters. The lowest BCUT2D eigenvalue weighted by atomic mass is 10.0. The molecule has 0 aliphatic carbocycles. The van der Waals surface area contributed by atoms with Crippen LogP contribution in [0.2, 0.25) is 10.0 Å². The Morgan fingerprint density at radius 1 is 1.02 bits per heavy atom. The number of halogens is 3. The molecule has 3 N–H and O–H groups in total. The van der Waals surface area contributed by atoms with Gasteiger partial charge in [-0.05, 0) is 24.1 Å². The Morgan fingerprint density at radius 2 is 1.71 bits per heavy atom. The highest BCUT2D eigenvalue weighted by atomic mass is 35.5. The van der Waals surface area contributed by atoms with Crippen molar-refractivity contribution in [3.8, 4) is 23.0 Å². The number of hydrogen-bond acceptors (Lipinski definition) is 11. The van der Waals surface area contributed by atoms with E-state index in [0.717, 1.165) is 0 Å². The zero-order valence-electron chi connectivity index (χ0n) is 26.7. The van der Waals surface area contributed by atoms with Crippen molar-refractivity contribution < 1.29 is 53.0 Å². The van der Waals surface area contributed by atoms with Gasteiger partial charge in [0.25, 0.3) is 0 Å². The first-order valence-electron chi connectivity index (χ1n) is 15.2. The molecular weight excluding hydrogens is 692 g/mol. The van der Waals surface area contributed by atoms with Crippen LogP contribution < -0.4 is 18.9 Å². The summed E-state index contributed by atoms with van der Waals surface area (Å²) < 4.78 is 43.7. The van der Waals surface area contributed by atoms with Crippen LogP contribution in [0.1, 0.15) is 53.9 Å². The number of aliphatic hydroxyl groups excluding tert-OH is 2. The molecule has 3 heterocycles. The van der Waals surface area contributed by atoms with Gasteiger partial charge in [0.15, 0.2) is 40.4 Å². The number of ketones is 1. The van der Waals surface area contributed by atoms with Gasteiger partial charge >= 0.3 is 5.97 Å². The molecule has 2 aliphatic heterocycles. The number of methoxy groups -OCH3 is 2. The molecule has 1 aromatic heterocycles. The molecule has 48 heavy (non-hydrogen) atoms. The average molecular weight is 729 g/mol. The number of nitrogens with zero attached hydrogens (tertiary/aromatic N) is 1. The van der Waals surface area contributed by atoms with Crippen LogP contribution in [0.4, 0.5) is 4.39 Å². The van der Waals surface area contributed by atoms with Gasteiger partial charge in [-0.1, -0.05) is 37.0 Å². The Kier molecular flexibility index (Phi) is 11.2. The topological polar surface area (TPSA) is 148 Å². The number of Topliss-reactive ketones (excluding diaryl/α,β-unsaturated/α-hetero) is 1. The summed E-state index contributed by atoms with van der Waals surface area (Å²) >= 11 is 14.6. The number of benzene rings is 2. The van der Waals surface area contributed by atoms with Crippen LogP contribution in [-0.4, -0.2) is 72.2 Å². The van der Waals surface area contributed by atoms with Crippen LogP contribution in [0, 0.1) is 17.7 Å². The van der Waals surface area contributed by atoms with Crippen LogP contribution in [0.3, 0.4) is 0 Å². The van der Waals surface area contributed by atoms with Gasteiger partial charge in [-0.15, -0.1) is 11.3 Å². The summed E-state index contributed by atoms with van der Waals surface area (Å²) in [5, 5.41) is 30.9. The zero-order chi connectivity index (χ0) is 34.9. The SMILES string of the molecule is COc1c(OCCCOc2c(OC)c(Cl)c3sc(C(=O)C[C@H](C)/C(O)=C4/CO4)cc3c2Cl)cc2c(c1F)CN(C(O)C[C@H](C)C(=O)O)C2. The van der Waals surface area contributed by atoms with E-state index in [1.54, 1.807) is 24.0 Å². The Labute approximate surface area is 290 Å². The first-order chi connectivity index (χ1) is 22.9. The van der Waals surface area contributed by atoms with Crippen LogP contribution in [0.25, 0.3) is 10.1 Å². The minimum absolute atomic E-state index is 0.00342. The number of aliphatic hydroxyl groups is 2. The Balaban J connectivity index is 1.23. The molecule has 5 rings (SSSR count). The lowest BCUT2D eigenvalue weighted by Crippen LogP contribution is -2.33. The fourth-order valence-corrected chi connectivity index (χ4v) is 7.27. The van der Waals surface area contributed by atoms with E-state index in [0.29, 0.717) is 44.9 Å². The molecule has 0 saturated carbocycles. The van der Waals surface area contributed by atoms with Gasteiger partial charge in [-0.3, -0.25) is 14.5 Å². The molecule has 3 aromatic rings. The summed E-state index contributed by atoms with van der Waals surface area (Å²) in [7, 11) is 2.76. The number of thiophene rings is 1. The smallest absolute Gasteiger partial charge is 0.306 e. The highest BCUT2D eigenvalue weighted by Gasteiger charge is 2.32. The van der Waals surface area contributed by atoms with E-state index >= 15 is 4.39 Å². The molecule has 1 unspecified atom stereocenters. The minimum Gasteiger partial charge on any atom is -0.508 e. The molecule has 0 spiro atoms. The normalized spacial score (nSPS) is 16.9. The molecular formula is C33H36Cl2FNO10S. The predicted molar refractivity (Wildman–Crippen MR) is 177 cm³/mol. The third kappa shape index (κ3) is 7.40. The maximum absolute atomic E-state index is 15.4. The van der Waals surface area contributed by atoms with Crippen molar-refractivity contribution in [1.82, 2.24) is 4.90 Å². The predicted octanol–water partition coefficient (Wildman–Crippen LogP) is 6.97. The summed E-state index contributed by atoms with van der Waals surface area (Å²) in [6.07, 6.45) is -0.629. The van der Waals surface area contributed by atoms with E-state index in [4.69, 9.17) is 46.9 Å². The molecule has 2 aromatic carbocycles. The maximum atomic E-state index is 15.4. The summed E-state index contributed by atoms with van der Waals surface area (Å²) in [4.78, 5) is 26.3. The van der Waals surface area contributed by atoms with E-state index in [1.165, 1.54) is 32.5 Å². The molecule has 260 valence electrons. The van der Waals surface area contributed by atoms with Gasteiger partial charge in [0, 0.05) is 42.8 Å². The number of aliphatic carboxylic acids is 1. The molecule has 0 bridgehead atoms. The van der Waals surface area contributed by atoms with Crippen LogP contribution in [0.15, 0.2) is 23.7 Å². The van der Waals surface area contributed by atoms with E-state index in [1.807, 2.05) is 0 Å². The number of hydrogen-bond donors (Lipinski definition) is 3. The quantitative estimate of drug-likeness (QED) is 0.0608. The molecule has 11 nitrogen and oxygen atoms in total. The van der Waals surface area contributed by atoms with Crippen molar-refractivity contribution in [2.45, 2.75) is 52.4 Å². The molecule has 1 saturated heterocycles. The summed E-state index contributed by atoms with van der Waals surface area (Å²) in [6, 6.07) is 3.31. The maximum Gasteiger partial charge on any atom is 0.306 e. The zero-order valence-corrected chi connectivity index (χ0v) is 29.1. The fraction of sp³-hybridized carbons (Fsp3) is 0.455. The summed E-state index contributed by atoms with van der Waals surface area (Å²) in [5.41, 5.74) is 0.963. The van der Waals surface area contributed by atoms with E-state index in [2.05, 4.69) is 0 Å². The standard InChI is InChI=1S/C33H36Cl2FNO10S/c1-15(28(40)22-14-47-22)8-20(38)23-11-18-25(34)31(30(44-4)26(35)32(18)48-23)46-7-5-6-45-21-10-17-12-37(24(39)9-16(2)33(41)42)13-19(17)27(36)29(21)43-3/h10-11,15-16,24,39-40H,5-9,12-14H2,1-4H3,(H,41,42)/b28-22+/t15-,16-,24?/m0/s1. The van der Waals surface area contributed by atoms with Gasteiger partial charge in [0.2, 0.25) is 0 Å². The lowest BCUT2D eigenvalue weighted by Gasteiger charge is -2.23. The van der Waals surface area contributed by atoms with Gasteiger partial charge in [0.05, 0.1) is 48.0 Å². The number of carboxylic acid groups (broad SMARTS) is 1. The van der Waals surface area contributed by atoms with Crippen molar-refractivity contribution in [3.05, 3.63) is 55.5 Å². The number of epoxide rings is 1.